The third-order valence-corrected chi connectivity index (χ3v) is 3.62. The fraction of sp³-hybridized carbons (Fsp3) is 0.333. The molecule has 0 aliphatic carbocycles. The van der Waals surface area contributed by atoms with E-state index >= 15 is 0 Å². The molecule has 2 rings (SSSR count). The molecule has 0 aliphatic heterocycles. The summed E-state index contributed by atoms with van der Waals surface area (Å²) >= 11 is 2.99. The first-order valence-electron chi connectivity index (χ1n) is 5.76. The molecular weight excluding hydrogens is 320 g/mol. The van der Waals surface area contributed by atoms with E-state index in [1.54, 1.807) is 0 Å². The van der Waals surface area contributed by atoms with Gasteiger partial charge in [0.05, 0.1) is 10.4 Å². The molecular formula is C12H12BrF2N3O. The van der Waals surface area contributed by atoms with Gasteiger partial charge in [0, 0.05) is 12.1 Å². The molecule has 2 N–H and O–H groups in total. The van der Waals surface area contributed by atoms with Gasteiger partial charge in [0.15, 0.2) is 11.6 Å². The maximum absolute atomic E-state index is 13.4. The van der Waals surface area contributed by atoms with Crippen molar-refractivity contribution in [3.63, 3.8) is 0 Å². The second kappa shape index (κ2) is 5.75. The maximum atomic E-state index is 13.4. The minimum absolute atomic E-state index is 0.0272. The summed E-state index contributed by atoms with van der Waals surface area (Å²) in [4.78, 5) is 4.18. The van der Waals surface area contributed by atoms with Gasteiger partial charge in [0.25, 0.3) is 0 Å². The van der Waals surface area contributed by atoms with E-state index in [2.05, 4.69) is 26.1 Å². The van der Waals surface area contributed by atoms with E-state index in [1.807, 2.05) is 6.92 Å². The van der Waals surface area contributed by atoms with Gasteiger partial charge in [-0.1, -0.05) is 12.1 Å². The van der Waals surface area contributed by atoms with Crippen molar-refractivity contribution in [3.8, 4) is 11.4 Å². The van der Waals surface area contributed by atoms with Crippen molar-refractivity contribution in [2.45, 2.75) is 19.3 Å². The van der Waals surface area contributed by atoms with E-state index in [1.165, 1.54) is 6.07 Å². The number of rotatable bonds is 4. The molecule has 1 heterocycles. The van der Waals surface area contributed by atoms with Crippen LogP contribution in [0, 0.1) is 11.6 Å². The average molecular weight is 332 g/mol. The first-order valence-corrected chi connectivity index (χ1v) is 6.55. The molecule has 1 aromatic heterocycles. The third-order valence-electron chi connectivity index (χ3n) is 2.84. The summed E-state index contributed by atoms with van der Waals surface area (Å²) in [5.74, 6) is -1.35. The summed E-state index contributed by atoms with van der Waals surface area (Å²) < 4.78 is 31.6. The molecule has 0 fully saturated rings. The molecule has 102 valence electrons. The van der Waals surface area contributed by atoms with Crippen LogP contribution < -0.4 is 5.73 Å². The largest absolute Gasteiger partial charge is 0.339 e. The SMILES string of the molecule is CCC(CN)c1nc(-c2ccc(F)c(F)c2Br)no1. The molecule has 1 atom stereocenters. The highest BCUT2D eigenvalue weighted by Gasteiger charge is 2.20. The predicted molar refractivity (Wildman–Crippen MR) is 69.4 cm³/mol. The van der Waals surface area contributed by atoms with Crippen molar-refractivity contribution in [2.24, 2.45) is 5.73 Å². The molecule has 0 bridgehead atoms. The lowest BCUT2D eigenvalue weighted by molar-refractivity contribution is 0.351. The van der Waals surface area contributed by atoms with Crippen LogP contribution in [0.4, 0.5) is 8.78 Å². The van der Waals surface area contributed by atoms with Gasteiger partial charge in [0.1, 0.15) is 0 Å². The number of aromatic nitrogens is 2. The van der Waals surface area contributed by atoms with Crippen LogP contribution in [0.2, 0.25) is 0 Å². The highest BCUT2D eigenvalue weighted by Crippen LogP contribution is 2.30. The molecule has 0 aliphatic rings. The molecule has 0 saturated heterocycles. The Morgan fingerprint density at radius 1 is 1.42 bits per heavy atom. The van der Waals surface area contributed by atoms with Gasteiger partial charge in [0.2, 0.25) is 11.7 Å². The normalized spacial score (nSPS) is 12.7. The zero-order valence-electron chi connectivity index (χ0n) is 10.2. The number of halogens is 3. The second-order valence-corrected chi connectivity index (χ2v) is 4.81. The van der Waals surface area contributed by atoms with Crippen molar-refractivity contribution < 1.29 is 13.3 Å². The fourth-order valence-electron chi connectivity index (χ4n) is 1.65. The van der Waals surface area contributed by atoms with E-state index in [0.717, 1.165) is 12.5 Å². The van der Waals surface area contributed by atoms with Gasteiger partial charge in [-0.15, -0.1) is 0 Å². The number of hydrogen-bond donors (Lipinski definition) is 1. The average Bonchev–Trinajstić information content (AvgIpc) is 2.87. The summed E-state index contributed by atoms with van der Waals surface area (Å²) in [7, 11) is 0. The second-order valence-electron chi connectivity index (χ2n) is 4.02. The molecule has 0 saturated carbocycles. The molecule has 19 heavy (non-hydrogen) atoms. The van der Waals surface area contributed by atoms with Crippen LogP contribution in [0.15, 0.2) is 21.1 Å². The molecule has 2 aromatic rings. The van der Waals surface area contributed by atoms with Gasteiger partial charge >= 0.3 is 0 Å². The Morgan fingerprint density at radius 2 is 2.16 bits per heavy atom. The third kappa shape index (κ3) is 2.66. The van der Waals surface area contributed by atoms with Crippen LogP contribution in [-0.2, 0) is 0 Å². The molecule has 7 heteroatoms. The van der Waals surface area contributed by atoms with Gasteiger partial charge in [-0.05, 0) is 34.5 Å². The lowest BCUT2D eigenvalue weighted by Crippen LogP contribution is -2.11. The molecule has 0 spiro atoms. The monoisotopic (exact) mass is 331 g/mol. The standard InChI is InChI=1S/C12H12BrF2N3O/c1-2-6(5-16)12-17-11(18-19-12)7-3-4-8(14)10(15)9(7)13/h3-4,6H,2,5,16H2,1H3. The van der Waals surface area contributed by atoms with E-state index in [0.29, 0.717) is 18.0 Å². The van der Waals surface area contributed by atoms with Crippen molar-refractivity contribution in [3.05, 3.63) is 34.1 Å². The quantitative estimate of drug-likeness (QED) is 0.873. The van der Waals surface area contributed by atoms with Crippen LogP contribution >= 0.6 is 15.9 Å². The van der Waals surface area contributed by atoms with Crippen LogP contribution in [0.1, 0.15) is 25.2 Å². The maximum Gasteiger partial charge on any atom is 0.231 e. The Balaban J connectivity index is 2.41. The molecule has 1 unspecified atom stereocenters. The molecule has 0 radical (unpaired) electrons. The van der Waals surface area contributed by atoms with E-state index < -0.39 is 11.6 Å². The topological polar surface area (TPSA) is 64.9 Å². The summed E-state index contributed by atoms with van der Waals surface area (Å²) in [6, 6.07) is 2.41. The number of hydrogen-bond acceptors (Lipinski definition) is 4. The first-order chi connectivity index (χ1) is 9.08. The van der Waals surface area contributed by atoms with Crippen molar-refractivity contribution in [2.75, 3.05) is 6.54 Å². The van der Waals surface area contributed by atoms with Crippen LogP contribution in [-0.4, -0.2) is 16.7 Å². The Labute approximate surface area is 117 Å². The van der Waals surface area contributed by atoms with Gasteiger partial charge in [-0.3, -0.25) is 0 Å². The zero-order valence-corrected chi connectivity index (χ0v) is 11.7. The molecule has 1 aromatic carbocycles. The van der Waals surface area contributed by atoms with E-state index in [4.69, 9.17) is 10.3 Å². The van der Waals surface area contributed by atoms with Crippen LogP contribution in [0.5, 0.6) is 0 Å². The Hall–Kier alpha value is -1.34. The lowest BCUT2D eigenvalue weighted by atomic mass is 10.1. The molecule has 4 nitrogen and oxygen atoms in total. The van der Waals surface area contributed by atoms with Gasteiger partial charge in [-0.25, -0.2) is 8.78 Å². The Bertz CT molecular complexity index is 584. The summed E-state index contributed by atoms with van der Waals surface area (Å²) in [5.41, 5.74) is 5.92. The number of benzene rings is 1. The zero-order chi connectivity index (χ0) is 14.0. The summed E-state index contributed by atoms with van der Waals surface area (Å²) in [5, 5.41) is 3.77. The van der Waals surface area contributed by atoms with Crippen LogP contribution in [0.25, 0.3) is 11.4 Å². The first kappa shape index (κ1) is 14.1. The van der Waals surface area contributed by atoms with E-state index in [9.17, 15) is 8.78 Å². The fourth-order valence-corrected chi connectivity index (χ4v) is 2.15. The van der Waals surface area contributed by atoms with Gasteiger partial charge in [-0.2, -0.15) is 4.98 Å². The smallest absolute Gasteiger partial charge is 0.231 e. The predicted octanol–water partition coefficient (Wildman–Crippen LogP) is 3.23. The minimum Gasteiger partial charge on any atom is -0.339 e. The number of nitrogens with two attached hydrogens (primary N) is 1. The summed E-state index contributed by atoms with van der Waals surface area (Å²) in [6.07, 6.45) is 0.761. The highest BCUT2D eigenvalue weighted by atomic mass is 79.9. The minimum atomic E-state index is -0.977. The lowest BCUT2D eigenvalue weighted by Gasteiger charge is -2.04. The highest BCUT2D eigenvalue weighted by molar-refractivity contribution is 9.10. The van der Waals surface area contributed by atoms with E-state index in [-0.39, 0.29) is 16.2 Å². The molecule has 0 amide bonds. The number of nitrogens with zero attached hydrogens (tertiary/aromatic N) is 2. The van der Waals surface area contributed by atoms with Crippen molar-refractivity contribution in [1.82, 2.24) is 10.1 Å². The van der Waals surface area contributed by atoms with Gasteiger partial charge < -0.3 is 10.3 Å². The Morgan fingerprint density at radius 3 is 2.79 bits per heavy atom. The van der Waals surface area contributed by atoms with Crippen LogP contribution in [0.3, 0.4) is 0 Å². The summed E-state index contributed by atoms with van der Waals surface area (Å²) in [6.45, 7) is 2.34. The van der Waals surface area contributed by atoms with Crippen molar-refractivity contribution >= 4 is 15.9 Å². The van der Waals surface area contributed by atoms with Crippen molar-refractivity contribution in [1.29, 1.82) is 0 Å². The Kier molecular flexibility index (Phi) is 4.26.